The molecule has 0 bridgehead atoms. The number of carbonyl (C=O) groups excluding carboxylic acids is 1. The van der Waals surface area contributed by atoms with E-state index in [0.717, 1.165) is 19.3 Å². The van der Waals surface area contributed by atoms with Crippen molar-refractivity contribution in [2.24, 2.45) is 0 Å². The van der Waals surface area contributed by atoms with E-state index in [2.05, 4.69) is 11.9 Å². The van der Waals surface area contributed by atoms with Gasteiger partial charge in [-0.2, -0.15) is 0 Å². The van der Waals surface area contributed by atoms with Crippen molar-refractivity contribution in [2.75, 3.05) is 6.61 Å². The Bertz CT molecular complexity index is 445. The van der Waals surface area contributed by atoms with Crippen molar-refractivity contribution >= 4 is 11.9 Å². The quantitative estimate of drug-likeness (QED) is 0.554. The Balaban J connectivity index is 2.35. The van der Waals surface area contributed by atoms with Crippen LogP contribution in [0, 0.1) is 0 Å². The Kier molecular flexibility index (Phi) is 7.32. The molecule has 0 atom stereocenters. The molecule has 0 spiro atoms. The monoisotopic (exact) mass is 279 g/mol. The van der Waals surface area contributed by atoms with Crippen molar-refractivity contribution in [3.05, 3.63) is 29.6 Å². The summed E-state index contributed by atoms with van der Waals surface area (Å²) in [6, 6.07) is 2.82. The molecule has 0 radical (unpaired) electrons. The Morgan fingerprint density at radius 2 is 1.90 bits per heavy atom. The second kappa shape index (κ2) is 9.07. The van der Waals surface area contributed by atoms with Gasteiger partial charge in [0.2, 0.25) is 0 Å². The summed E-state index contributed by atoms with van der Waals surface area (Å²) in [6.07, 6.45) is 7.96. The van der Waals surface area contributed by atoms with E-state index in [9.17, 15) is 9.59 Å². The molecule has 5 nitrogen and oxygen atoms in total. The van der Waals surface area contributed by atoms with Crippen LogP contribution in [-0.4, -0.2) is 28.6 Å². The summed E-state index contributed by atoms with van der Waals surface area (Å²) in [5.41, 5.74) is -0.258. The minimum atomic E-state index is -1.18. The van der Waals surface area contributed by atoms with Gasteiger partial charge in [0, 0.05) is 6.20 Å². The van der Waals surface area contributed by atoms with Gasteiger partial charge in [-0.1, -0.05) is 39.0 Å². The molecule has 1 aromatic rings. The van der Waals surface area contributed by atoms with Gasteiger partial charge in [-0.15, -0.1) is 0 Å². The third-order valence-electron chi connectivity index (χ3n) is 2.96. The predicted octanol–water partition coefficient (Wildman–Crippen LogP) is 3.30. The molecule has 1 aromatic heterocycles. The van der Waals surface area contributed by atoms with Crippen LogP contribution in [0.4, 0.5) is 0 Å². The van der Waals surface area contributed by atoms with Crippen molar-refractivity contribution in [3.63, 3.8) is 0 Å². The Morgan fingerprint density at radius 3 is 2.60 bits per heavy atom. The Labute approximate surface area is 119 Å². The molecule has 0 amide bonds. The number of aromatic nitrogens is 1. The molecule has 20 heavy (non-hydrogen) atoms. The summed E-state index contributed by atoms with van der Waals surface area (Å²) in [4.78, 5) is 26.5. The number of esters is 1. The molecule has 0 aliphatic rings. The first-order chi connectivity index (χ1) is 9.66. The molecule has 110 valence electrons. The smallest absolute Gasteiger partial charge is 0.357 e. The number of ether oxygens (including phenoxy) is 1. The van der Waals surface area contributed by atoms with E-state index in [1.54, 1.807) is 0 Å². The van der Waals surface area contributed by atoms with Crippen LogP contribution in [0.1, 0.15) is 66.3 Å². The molecule has 5 heteroatoms. The fourth-order valence-corrected chi connectivity index (χ4v) is 1.86. The van der Waals surface area contributed by atoms with Crippen molar-refractivity contribution in [2.45, 2.75) is 45.4 Å². The van der Waals surface area contributed by atoms with Crippen LogP contribution in [0.2, 0.25) is 0 Å². The number of aromatic carboxylic acids is 1. The highest BCUT2D eigenvalue weighted by atomic mass is 16.5. The first-order valence-electron chi connectivity index (χ1n) is 7.02. The number of hydrogen-bond donors (Lipinski definition) is 1. The lowest BCUT2D eigenvalue weighted by Gasteiger charge is -2.06. The first kappa shape index (κ1) is 16.1. The van der Waals surface area contributed by atoms with E-state index < -0.39 is 11.9 Å². The highest BCUT2D eigenvalue weighted by Gasteiger charge is 2.18. The second-order valence-electron chi connectivity index (χ2n) is 4.61. The zero-order valence-electron chi connectivity index (χ0n) is 11.8. The average Bonchev–Trinajstić information content (AvgIpc) is 2.46. The minimum absolute atomic E-state index is 0.125. The van der Waals surface area contributed by atoms with Gasteiger partial charge in [0.25, 0.3) is 0 Å². The van der Waals surface area contributed by atoms with Gasteiger partial charge in [-0.3, -0.25) is 0 Å². The van der Waals surface area contributed by atoms with E-state index in [1.807, 2.05) is 0 Å². The van der Waals surface area contributed by atoms with Crippen LogP contribution in [0.3, 0.4) is 0 Å². The van der Waals surface area contributed by atoms with E-state index >= 15 is 0 Å². The number of nitrogens with zero attached hydrogens (tertiary/aromatic N) is 1. The maximum absolute atomic E-state index is 11.8. The van der Waals surface area contributed by atoms with Crippen molar-refractivity contribution in [1.82, 2.24) is 4.98 Å². The maximum atomic E-state index is 11.8. The topological polar surface area (TPSA) is 76.5 Å². The SMILES string of the molecule is CCCCCCCCOC(=O)c1ncccc1C(=O)O. The normalized spacial score (nSPS) is 10.2. The van der Waals surface area contributed by atoms with E-state index in [0.29, 0.717) is 6.61 Å². The molecule has 0 saturated heterocycles. The molecule has 0 fully saturated rings. The fourth-order valence-electron chi connectivity index (χ4n) is 1.86. The molecule has 1 rings (SSSR count). The van der Waals surface area contributed by atoms with Crippen LogP contribution in [0.5, 0.6) is 0 Å². The molecule has 1 N–H and O–H groups in total. The van der Waals surface area contributed by atoms with E-state index in [4.69, 9.17) is 9.84 Å². The van der Waals surface area contributed by atoms with Crippen LogP contribution >= 0.6 is 0 Å². The maximum Gasteiger partial charge on any atom is 0.357 e. The van der Waals surface area contributed by atoms with E-state index in [-0.39, 0.29) is 11.3 Å². The lowest BCUT2D eigenvalue weighted by molar-refractivity contribution is 0.0480. The highest BCUT2D eigenvalue weighted by Crippen LogP contribution is 2.09. The number of pyridine rings is 1. The molecule has 0 unspecified atom stereocenters. The summed E-state index contributed by atoms with van der Waals surface area (Å²) < 4.78 is 5.06. The number of carbonyl (C=O) groups is 2. The Morgan fingerprint density at radius 1 is 1.20 bits per heavy atom. The number of unbranched alkanes of at least 4 members (excludes halogenated alkanes) is 5. The minimum Gasteiger partial charge on any atom is -0.478 e. The molecule has 0 saturated carbocycles. The largest absolute Gasteiger partial charge is 0.478 e. The summed E-state index contributed by atoms with van der Waals surface area (Å²) in [7, 11) is 0. The number of carboxylic acids is 1. The third-order valence-corrected chi connectivity index (χ3v) is 2.96. The zero-order chi connectivity index (χ0) is 14.8. The van der Waals surface area contributed by atoms with Gasteiger partial charge in [-0.25, -0.2) is 14.6 Å². The highest BCUT2D eigenvalue weighted by molar-refractivity contribution is 6.00. The molecule has 0 aliphatic heterocycles. The van der Waals surface area contributed by atoms with Gasteiger partial charge in [0.05, 0.1) is 12.2 Å². The zero-order valence-corrected chi connectivity index (χ0v) is 11.8. The van der Waals surface area contributed by atoms with Crippen LogP contribution in [0.15, 0.2) is 18.3 Å². The second-order valence-corrected chi connectivity index (χ2v) is 4.61. The first-order valence-corrected chi connectivity index (χ1v) is 7.02. The number of rotatable bonds is 9. The average molecular weight is 279 g/mol. The molecular weight excluding hydrogens is 258 g/mol. The number of hydrogen-bond acceptors (Lipinski definition) is 4. The van der Waals surface area contributed by atoms with Crippen molar-refractivity contribution in [1.29, 1.82) is 0 Å². The van der Waals surface area contributed by atoms with Crippen LogP contribution < -0.4 is 0 Å². The summed E-state index contributed by atoms with van der Waals surface area (Å²) in [6.45, 7) is 2.47. The standard InChI is InChI=1S/C15H21NO4/c1-2-3-4-5-6-7-11-20-15(19)13-12(14(17)18)9-8-10-16-13/h8-10H,2-7,11H2,1H3,(H,17,18). The third kappa shape index (κ3) is 5.38. The number of carboxylic acid groups (broad SMARTS) is 1. The molecular formula is C15H21NO4. The summed E-state index contributed by atoms with van der Waals surface area (Å²) in [5.74, 6) is -1.85. The van der Waals surface area contributed by atoms with Gasteiger partial charge in [-0.05, 0) is 18.6 Å². The van der Waals surface area contributed by atoms with Gasteiger partial charge < -0.3 is 9.84 Å². The molecule has 0 aliphatic carbocycles. The fraction of sp³-hybridized carbons (Fsp3) is 0.533. The van der Waals surface area contributed by atoms with Gasteiger partial charge in [0.1, 0.15) is 0 Å². The lowest BCUT2D eigenvalue weighted by atomic mass is 10.1. The van der Waals surface area contributed by atoms with E-state index in [1.165, 1.54) is 37.6 Å². The van der Waals surface area contributed by atoms with Gasteiger partial charge in [0.15, 0.2) is 5.69 Å². The summed E-state index contributed by atoms with van der Waals surface area (Å²) >= 11 is 0. The summed E-state index contributed by atoms with van der Waals surface area (Å²) in [5, 5.41) is 8.96. The molecule has 0 aromatic carbocycles. The van der Waals surface area contributed by atoms with Crippen LogP contribution in [0.25, 0.3) is 0 Å². The predicted molar refractivity (Wildman–Crippen MR) is 74.9 cm³/mol. The van der Waals surface area contributed by atoms with Gasteiger partial charge >= 0.3 is 11.9 Å². The van der Waals surface area contributed by atoms with Crippen molar-refractivity contribution < 1.29 is 19.4 Å². The lowest BCUT2D eigenvalue weighted by Crippen LogP contribution is -2.14. The van der Waals surface area contributed by atoms with Crippen molar-refractivity contribution in [3.8, 4) is 0 Å². The van der Waals surface area contributed by atoms with Crippen LogP contribution in [-0.2, 0) is 4.74 Å². The Hall–Kier alpha value is -1.91. The molecule has 1 heterocycles.